The molecule has 0 fully saturated rings. The molecule has 1 amide bonds. The maximum atomic E-state index is 11.0. The van der Waals surface area contributed by atoms with E-state index in [4.69, 9.17) is 11.5 Å². The smallest absolute Gasteiger partial charge is 0.267 e. The fraction of sp³-hybridized carbons (Fsp3) is 0.455. The first-order valence-electron chi connectivity index (χ1n) is 5.25. The third-order valence-electron chi connectivity index (χ3n) is 2.65. The van der Waals surface area contributed by atoms with E-state index in [0.717, 1.165) is 12.1 Å². The van der Waals surface area contributed by atoms with Gasteiger partial charge in [-0.3, -0.25) is 9.78 Å². The van der Waals surface area contributed by atoms with E-state index < -0.39 is 5.91 Å². The van der Waals surface area contributed by atoms with Crippen LogP contribution in [-0.2, 0) is 0 Å². The minimum Gasteiger partial charge on any atom is -0.372 e. The summed E-state index contributed by atoms with van der Waals surface area (Å²) in [6, 6.07) is 3.85. The molecule has 0 saturated heterocycles. The molecule has 0 spiro atoms. The Kier molecular flexibility index (Phi) is 4.25. The van der Waals surface area contributed by atoms with E-state index in [1.165, 1.54) is 0 Å². The monoisotopic (exact) mass is 222 g/mol. The molecule has 4 N–H and O–H groups in total. The number of nitrogens with zero attached hydrogens (tertiary/aromatic N) is 2. The van der Waals surface area contributed by atoms with Gasteiger partial charge in [-0.2, -0.15) is 0 Å². The highest BCUT2D eigenvalue weighted by Gasteiger charge is 2.11. The molecule has 1 atom stereocenters. The zero-order valence-corrected chi connectivity index (χ0v) is 9.68. The summed E-state index contributed by atoms with van der Waals surface area (Å²) >= 11 is 0. The minimum absolute atomic E-state index is 0.282. The SMILES string of the molecule is CC(CCN)N(C)c1ccnc(C(N)=O)c1. The highest BCUT2D eigenvalue weighted by molar-refractivity contribution is 5.91. The van der Waals surface area contributed by atoms with Crippen LogP contribution in [-0.4, -0.2) is 30.5 Å². The average Bonchev–Trinajstić information content (AvgIpc) is 2.28. The molecule has 1 aromatic heterocycles. The van der Waals surface area contributed by atoms with Crippen LogP contribution < -0.4 is 16.4 Å². The number of anilines is 1. The number of pyridine rings is 1. The number of carbonyl (C=O) groups is 1. The van der Waals surface area contributed by atoms with Crippen LogP contribution in [0.15, 0.2) is 18.3 Å². The maximum absolute atomic E-state index is 11.0. The van der Waals surface area contributed by atoms with Gasteiger partial charge in [0.2, 0.25) is 0 Å². The zero-order chi connectivity index (χ0) is 12.1. The first kappa shape index (κ1) is 12.4. The van der Waals surface area contributed by atoms with E-state index >= 15 is 0 Å². The minimum atomic E-state index is -0.512. The van der Waals surface area contributed by atoms with Gasteiger partial charge < -0.3 is 16.4 Å². The second kappa shape index (κ2) is 5.46. The van der Waals surface area contributed by atoms with Gasteiger partial charge in [-0.1, -0.05) is 0 Å². The van der Waals surface area contributed by atoms with Crippen molar-refractivity contribution in [3.05, 3.63) is 24.0 Å². The van der Waals surface area contributed by atoms with Crippen molar-refractivity contribution in [1.29, 1.82) is 0 Å². The second-order valence-corrected chi connectivity index (χ2v) is 3.80. The molecular formula is C11H18N4O. The van der Waals surface area contributed by atoms with Crippen LogP contribution in [0.4, 0.5) is 5.69 Å². The van der Waals surface area contributed by atoms with E-state index in [-0.39, 0.29) is 5.69 Å². The van der Waals surface area contributed by atoms with E-state index in [1.807, 2.05) is 13.1 Å². The van der Waals surface area contributed by atoms with E-state index in [2.05, 4.69) is 16.8 Å². The van der Waals surface area contributed by atoms with Crippen molar-refractivity contribution in [2.24, 2.45) is 11.5 Å². The summed E-state index contributed by atoms with van der Waals surface area (Å²) in [4.78, 5) is 16.9. The summed E-state index contributed by atoms with van der Waals surface area (Å²) in [5.74, 6) is -0.512. The normalized spacial score (nSPS) is 12.2. The average molecular weight is 222 g/mol. The van der Waals surface area contributed by atoms with Crippen LogP contribution in [0.3, 0.4) is 0 Å². The van der Waals surface area contributed by atoms with Crippen LogP contribution in [0, 0.1) is 0 Å². The Morgan fingerprint density at radius 2 is 2.31 bits per heavy atom. The van der Waals surface area contributed by atoms with Crippen molar-refractivity contribution >= 4 is 11.6 Å². The summed E-state index contributed by atoms with van der Waals surface area (Å²) < 4.78 is 0. The summed E-state index contributed by atoms with van der Waals surface area (Å²) in [6.07, 6.45) is 2.48. The van der Waals surface area contributed by atoms with Crippen molar-refractivity contribution < 1.29 is 4.79 Å². The van der Waals surface area contributed by atoms with Crippen molar-refractivity contribution in [2.75, 3.05) is 18.5 Å². The predicted molar refractivity (Wildman–Crippen MR) is 64.3 cm³/mol. The first-order chi connectivity index (χ1) is 7.56. The van der Waals surface area contributed by atoms with Crippen LogP contribution >= 0.6 is 0 Å². The van der Waals surface area contributed by atoms with E-state index in [9.17, 15) is 4.79 Å². The Morgan fingerprint density at radius 3 is 2.88 bits per heavy atom. The summed E-state index contributed by atoms with van der Waals surface area (Å²) in [6.45, 7) is 2.72. The molecule has 88 valence electrons. The molecule has 5 heteroatoms. The van der Waals surface area contributed by atoms with Crippen LogP contribution in [0.5, 0.6) is 0 Å². The van der Waals surface area contributed by atoms with E-state index in [0.29, 0.717) is 12.6 Å². The van der Waals surface area contributed by atoms with Crippen LogP contribution in [0.2, 0.25) is 0 Å². The van der Waals surface area contributed by atoms with Crippen molar-refractivity contribution in [1.82, 2.24) is 4.98 Å². The fourth-order valence-corrected chi connectivity index (χ4v) is 1.46. The van der Waals surface area contributed by atoms with Crippen LogP contribution in [0.25, 0.3) is 0 Å². The van der Waals surface area contributed by atoms with Gasteiger partial charge in [0.25, 0.3) is 5.91 Å². The number of hydrogen-bond acceptors (Lipinski definition) is 4. The lowest BCUT2D eigenvalue weighted by Crippen LogP contribution is -2.31. The van der Waals surface area contributed by atoms with Gasteiger partial charge in [-0.15, -0.1) is 0 Å². The van der Waals surface area contributed by atoms with Crippen LogP contribution in [0.1, 0.15) is 23.8 Å². The van der Waals surface area contributed by atoms with Crippen molar-refractivity contribution in [3.63, 3.8) is 0 Å². The maximum Gasteiger partial charge on any atom is 0.267 e. The highest BCUT2D eigenvalue weighted by atomic mass is 16.1. The third kappa shape index (κ3) is 2.93. The van der Waals surface area contributed by atoms with Gasteiger partial charge in [0.05, 0.1) is 0 Å². The predicted octanol–water partition coefficient (Wildman–Crippen LogP) is 0.354. The second-order valence-electron chi connectivity index (χ2n) is 3.80. The molecule has 0 aromatic carbocycles. The number of carbonyl (C=O) groups excluding carboxylic acids is 1. The summed E-state index contributed by atoms with van der Waals surface area (Å²) in [5, 5.41) is 0. The quantitative estimate of drug-likeness (QED) is 0.753. The molecule has 0 aliphatic rings. The molecule has 5 nitrogen and oxygen atoms in total. The first-order valence-corrected chi connectivity index (χ1v) is 5.25. The van der Waals surface area contributed by atoms with Gasteiger partial charge in [-0.25, -0.2) is 0 Å². The number of rotatable bonds is 5. The summed E-state index contributed by atoms with van der Waals surface area (Å²) in [5.41, 5.74) is 11.9. The van der Waals surface area contributed by atoms with Gasteiger partial charge in [0.15, 0.2) is 0 Å². The molecule has 1 heterocycles. The number of nitrogens with two attached hydrogens (primary N) is 2. The van der Waals surface area contributed by atoms with E-state index in [1.54, 1.807) is 12.3 Å². The number of amides is 1. The topological polar surface area (TPSA) is 85.2 Å². The van der Waals surface area contributed by atoms with Crippen molar-refractivity contribution in [2.45, 2.75) is 19.4 Å². The molecule has 0 aliphatic carbocycles. The molecule has 1 aromatic rings. The largest absolute Gasteiger partial charge is 0.372 e. The van der Waals surface area contributed by atoms with Gasteiger partial charge in [0.1, 0.15) is 5.69 Å². The Morgan fingerprint density at radius 1 is 1.62 bits per heavy atom. The third-order valence-corrected chi connectivity index (χ3v) is 2.65. The molecule has 1 rings (SSSR count). The summed E-state index contributed by atoms with van der Waals surface area (Å²) in [7, 11) is 1.96. The lowest BCUT2D eigenvalue weighted by atomic mass is 10.2. The van der Waals surface area contributed by atoms with Gasteiger partial charge in [-0.05, 0) is 32.0 Å². The van der Waals surface area contributed by atoms with Gasteiger partial charge >= 0.3 is 0 Å². The number of aromatic nitrogens is 1. The molecule has 0 saturated carbocycles. The van der Waals surface area contributed by atoms with Crippen molar-refractivity contribution in [3.8, 4) is 0 Å². The highest BCUT2D eigenvalue weighted by Crippen LogP contribution is 2.16. The molecule has 0 bridgehead atoms. The van der Waals surface area contributed by atoms with Gasteiger partial charge in [0, 0.05) is 25.0 Å². The lowest BCUT2D eigenvalue weighted by molar-refractivity contribution is 0.0995. The number of hydrogen-bond donors (Lipinski definition) is 2. The Balaban J connectivity index is 2.86. The molecule has 1 unspecified atom stereocenters. The Labute approximate surface area is 95.4 Å². The molecular weight excluding hydrogens is 204 g/mol. The number of primary amides is 1. The Bertz CT molecular complexity index is 367. The standard InChI is InChI=1S/C11H18N4O/c1-8(3-5-12)15(2)9-4-6-14-10(7-9)11(13)16/h4,6-8H,3,5,12H2,1-2H3,(H2,13,16). The fourth-order valence-electron chi connectivity index (χ4n) is 1.46. The molecule has 16 heavy (non-hydrogen) atoms. The lowest BCUT2D eigenvalue weighted by Gasteiger charge is -2.26. The Hall–Kier alpha value is -1.62. The molecule has 0 aliphatic heterocycles. The molecule has 0 radical (unpaired) electrons. The zero-order valence-electron chi connectivity index (χ0n) is 9.68.